The third-order valence-electron chi connectivity index (χ3n) is 1.91. The summed E-state index contributed by atoms with van der Waals surface area (Å²) >= 11 is 6.01. The number of allylic oxidation sites excluding steroid dienone is 1. The molecule has 0 bridgehead atoms. The second-order valence-electron chi connectivity index (χ2n) is 2.92. The van der Waals surface area contributed by atoms with Gasteiger partial charge in [0, 0.05) is 5.03 Å². The summed E-state index contributed by atoms with van der Waals surface area (Å²) in [6.07, 6.45) is 2.19. The summed E-state index contributed by atoms with van der Waals surface area (Å²) < 4.78 is 12.5. The maximum atomic E-state index is 12.5. The van der Waals surface area contributed by atoms with Crippen LogP contribution in [-0.4, -0.2) is 0 Å². The summed E-state index contributed by atoms with van der Waals surface area (Å²) in [5.74, 6) is -0.219. The number of benzene rings is 1. The Labute approximate surface area is 75.7 Å². The summed E-state index contributed by atoms with van der Waals surface area (Å²) in [6, 6.07) is 6.28. The van der Waals surface area contributed by atoms with E-state index in [1.807, 2.05) is 0 Å². The molecule has 2 heteroatoms. The van der Waals surface area contributed by atoms with Crippen LogP contribution in [0.4, 0.5) is 4.39 Å². The van der Waals surface area contributed by atoms with Crippen molar-refractivity contribution in [2.75, 3.05) is 0 Å². The van der Waals surface area contributed by atoms with Crippen molar-refractivity contribution in [1.29, 1.82) is 0 Å². The summed E-state index contributed by atoms with van der Waals surface area (Å²) in [5, 5.41) is 0.801. The molecule has 0 aromatic heterocycles. The fraction of sp³-hybridized carbons (Fsp3) is 0.200. The normalized spacial score (nSPS) is 14.7. The second-order valence-corrected chi connectivity index (χ2v) is 3.30. The smallest absolute Gasteiger partial charge is 0.123 e. The molecule has 0 aliphatic heterocycles. The quantitative estimate of drug-likeness (QED) is 0.623. The monoisotopic (exact) mass is 182 g/mol. The van der Waals surface area contributed by atoms with Gasteiger partial charge in [0.15, 0.2) is 0 Å². The molecule has 0 spiro atoms. The van der Waals surface area contributed by atoms with E-state index in [0.717, 1.165) is 23.4 Å². The van der Waals surface area contributed by atoms with Crippen LogP contribution in [0, 0.1) is 5.82 Å². The fourth-order valence-electron chi connectivity index (χ4n) is 1.08. The lowest BCUT2D eigenvalue weighted by molar-refractivity contribution is 0.627. The molecule has 62 valence electrons. The van der Waals surface area contributed by atoms with Crippen molar-refractivity contribution >= 4 is 16.6 Å². The first-order valence-corrected chi connectivity index (χ1v) is 4.28. The molecule has 12 heavy (non-hydrogen) atoms. The van der Waals surface area contributed by atoms with Gasteiger partial charge < -0.3 is 0 Å². The molecule has 1 saturated carbocycles. The van der Waals surface area contributed by atoms with E-state index >= 15 is 0 Å². The Bertz CT molecular complexity index is 318. The zero-order chi connectivity index (χ0) is 8.55. The summed E-state index contributed by atoms with van der Waals surface area (Å²) in [7, 11) is 0. The van der Waals surface area contributed by atoms with Gasteiger partial charge in [-0.3, -0.25) is 0 Å². The van der Waals surface area contributed by atoms with E-state index in [1.54, 1.807) is 12.1 Å². The molecule has 0 N–H and O–H groups in total. The van der Waals surface area contributed by atoms with Gasteiger partial charge in [-0.25, -0.2) is 4.39 Å². The molecular formula is C10H8ClF. The Hall–Kier alpha value is -0.820. The van der Waals surface area contributed by atoms with E-state index in [-0.39, 0.29) is 5.82 Å². The molecule has 0 radical (unpaired) electrons. The summed E-state index contributed by atoms with van der Waals surface area (Å²) in [5.41, 5.74) is 2.20. The largest absolute Gasteiger partial charge is 0.207 e. The Balaban J connectivity index is 2.35. The predicted molar refractivity (Wildman–Crippen MR) is 48.4 cm³/mol. The lowest BCUT2D eigenvalue weighted by atomic mass is 10.2. The molecule has 1 fully saturated rings. The van der Waals surface area contributed by atoms with Crippen LogP contribution in [-0.2, 0) is 0 Å². The third kappa shape index (κ3) is 1.51. The Kier molecular flexibility index (Phi) is 1.89. The first kappa shape index (κ1) is 7.81. The molecule has 2 rings (SSSR count). The van der Waals surface area contributed by atoms with Crippen LogP contribution in [0.1, 0.15) is 18.4 Å². The molecule has 1 aromatic carbocycles. The molecule has 0 nitrogen and oxygen atoms in total. The standard InChI is InChI=1S/C10H8ClF/c11-10(7-1-2-7)8-3-5-9(12)6-4-8/h3-6H,1-2H2. The highest BCUT2D eigenvalue weighted by Gasteiger charge is 2.17. The van der Waals surface area contributed by atoms with Gasteiger partial charge in [0.05, 0.1) is 0 Å². The minimum Gasteiger partial charge on any atom is -0.207 e. The van der Waals surface area contributed by atoms with E-state index in [9.17, 15) is 4.39 Å². The molecule has 0 unspecified atom stereocenters. The van der Waals surface area contributed by atoms with Crippen LogP contribution in [0.25, 0.3) is 5.03 Å². The van der Waals surface area contributed by atoms with Gasteiger partial charge in [-0.1, -0.05) is 29.3 Å². The molecule has 0 saturated heterocycles. The third-order valence-corrected chi connectivity index (χ3v) is 2.39. The van der Waals surface area contributed by atoms with Gasteiger partial charge in [-0.2, -0.15) is 0 Å². The van der Waals surface area contributed by atoms with Crippen LogP contribution >= 0.6 is 11.6 Å². The van der Waals surface area contributed by atoms with E-state index in [2.05, 4.69) is 0 Å². The Morgan fingerprint density at radius 3 is 2.25 bits per heavy atom. The van der Waals surface area contributed by atoms with Crippen molar-refractivity contribution in [2.45, 2.75) is 12.8 Å². The lowest BCUT2D eigenvalue weighted by Crippen LogP contribution is -1.77. The minimum absolute atomic E-state index is 0.219. The minimum atomic E-state index is -0.219. The molecule has 0 amide bonds. The summed E-state index contributed by atoms with van der Waals surface area (Å²) in [6.45, 7) is 0. The predicted octanol–water partition coefficient (Wildman–Crippen LogP) is 3.57. The van der Waals surface area contributed by atoms with Gasteiger partial charge in [0.1, 0.15) is 5.82 Å². The topological polar surface area (TPSA) is 0 Å². The van der Waals surface area contributed by atoms with Crippen LogP contribution in [0.3, 0.4) is 0 Å². The van der Waals surface area contributed by atoms with Crippen LogP contribution in [0.5, 0.6) is 0 Å². The van der Waals surface area contributed by atoms with Gasteiger partial charge in [-0.05, 0) is 30.5 Å². The number of hydrogen-bond acceptors (Lipinski definition) is 0. The molecular weight excluding hydrogens is 175 g/mol. The van der Waals surface area contributed by atoms with Crippen molar-refractivity contribution in [3.8, 4) is 0 Å². The van der Waals surface area contributed by atoms with Crippen molar-refractivity contribution in [2.24, 2.45) is 0 Å². The highest BCUT2D eigenvalue weighted by atomic mass is 35.5. The highest BCUT2D eigenvalue weighted by molar-refractivity contribution is 6.49. The molecule has 0 atom stereocenters. The molecule has 1 aromatic rings. The zero-order valence-corrected chi connectivity index (χ0v) is 7.24. The Morgan fingerprint density at radius 1 is 1.17 bits per heavy atom. The fourth-order valence-corrected chi connectivity index (χ4v) is 1.40. The van der Waals surface area contributed by atoms with Gasteiger partial charge in [-0.15, -0.1) is 0 Å². The molecule has 0 heterocycles. The average Bonchev–Trinajstić information content (AvgIpc) is 2.87. The zero-order valence-electron chi connectivity index (χ0n) is 6.48. The van der Waals surface area contributed by atoms with Crippen molar-refractivity contribution in [3.05, 3.63) is 41.2 Å². The second kappa shape index (κ2) is 2.91. The average molecular weight is 183 g/mol. The number of halogens is 2. The van der Waals surface area contributed by atoms with Crippen LogP contribution < -0.4 is 0 Å². The van der Waals surface area contributed by atoms with Gasteiger partial charge in [0.25, 0.3) is 0 Å². The first-order chi connectivity index (χ1) is 5.77. The maximum absolute atomic E-state index is 12.5. The van der Waals surface area contributed by atoms with Crippen LogP contribution in [0.2, 0.25) is 0 Å². The van der Waals surface area contributed by atoms with Crippen molar-refractivity contribution in [1.82, 2.24) is 0 Å². The van der Waals surface area contributed by atoms with Gasteiger partial charge >= 0.3 is 0 Å². The van der Waals surface area contributed by atoms with Crippen LogP contribution in [0.15, 0.2) is 29.8 Å². The number of rotatable bonds is 1. The first-order valence-electron chi connectivity index (χ1n) is 3.91. The van der Waals surface area contributed by atoms with E-state index in [4.69, 9.17) is 11.6 Å². The highest BCUT2D eigenvalue weighted by Crippen LogP contribution is 2.38. The number of hydrogen-bond donors (Lipinski definition) is 0. The van der Waals surface area contributed by atoms with E-state index in [1.165, 1.54) is 17.7 Å². The van der Waals surface area contributed by atoms with E-state index < -0.39 is 0 Å². The lowest BCUT2D eigenvalue weighted by Gasteiger charge is -1.97. The van der Waals surface area contributed by atoms with Crippen molar-refractivity contribution in [3.63, 3.8) is 0 Å². The molecule has 1 aliphatic rings. The van der Waals surface area contributed by atoms with Gasteiger partial charge in [0.2, 0.25) is 0 Å². The SMILES string of the molecule is Fc1ccc(C(Cl)=C2CC2)cc1. The molecule has 1 aliphatic carbocycles. The van der Waals surface area contributed by atoms with Crippen molar-refractivity contribution < 1.29 is 4.39 Å². The maximum Gasteiger partial charge on any atom is 0.123 e. The summed E-state index contributed by atoms with van der Waals surface area (Å²) in [4.78, 5) is 0. The van der Waals surface area contributed by atoms with E-state index in [0.29, 0.717) is 0 Å². The Morgan fingerprint density at radius 2 is 1.75 bits per heavy atom.